The molecule has 0 fully saturated rings. The molecule has 0 N–H and O–H groups in total. The molecule has 4 aromatic carbocycles. The normalized spacial score (nSPS) is 11.2. The summed E-state index contributed by atoms with van der Waals surface area (Å²) >= 11 is 0. The van der Waals surface area contributed by atoms with Crippen LogP contribution in [0.3, 0.4) is 0 Å². The molecule has 0 spiro atoms. The van der Waals surface area contributed by atoms with Gasteiger partial charge in [0, 0.05) is 17.5 Å². The Hall–Kier alpha value is -3.59. The third-order valence-electron chi connectivity index (χ3n) is 5.46. The van der Waals surface area contributed by atoms with Crippen molar-refractivity contribution >= 4 is 21.8 Å². The third-order valence-corrected chi connectivity index (χ3v) is 5.46. The molecule has 5 aromatic rings. The predicted octanol–water partition coefficient (Wildman–Crippen LogP) is 6.63. The Morgan fingerprint density at radius 3 is 2.57 bits per heavy atom. The van der Waals surface area contributed by atoms with Gasteiger partial charge >= 0.3 is 0 Å². The molecule has 1 aromatic heterocycles. The van der Waals surface area contributed by atoms with Crippen molar-refractivity contribution in [1.82, 2.24) is 9.55 Å². The van der Waals surface area contributed by atoms with Crippen LogP contribution in [-0.2, 0) is 6.54 Å². The number of hydrogen-bond acceptors (Lipinski definition) is 2. The first-order valence-corrected chi connectivity index (χ1v) is 10.4. The van der Waals surface area contributed by atoms with Crippen LogP contribution in [0.1, 0.15) is 12.0 Å². The van der Waals surface area contributed by atoms with Gasteiger partial charge in [-0.15, -0.1) is 0 Å². The molecule has 30 heavy (non-hydrogen) atoms. The fraction of sp³-hybridized carbons (Fsp3) is 0.148. The molecule has 0 saturated heterocycles. The second kappa shape index (κ2) is 8.03. The SMILES string of the molecule is Cc1cccc(-c2nc3ccccc3n2CCCOc2cccc3ccccc23)c1. The van der Waals surface area contributed by atoms with Gasteiger partial charge in [0.05, 0.1) is 17.6 Å². The number of para-hydroxylation sites is 2. The van der Waals surface area contributed by atoms with Crippen molar-refractivity contribution in [2.75, 3.05) is 6.61 Å². The van der Waals surface area contributed by atoms with Gasteiger partial charge in [0.25, 0.3) is 0 Å². The Morgan fingerprint density at radius 1 is 0.833 bits per heavy atom. The standard InChI is InChI=1S/C27H24N2O/c1-20-9-6-12-22(19-20)27-28-24-14-4-5-15-25(24)29(27)17-8-18-30-26-16-7-11-21-10-2-3-13-23(21)26/h2-7,9-16,19H,8,17-18H2,1H3. The van der Waals surface area contributed by atoms with Crippen molar-refractivity contribution < 1.29 is 4.74 Å². The van der Waals surface area contributed by atoms with E-state index in [0.717, 1.165) is 41.0 Å². The van der Waals surface area contributed by atoms with Gasteiger partial charge < -0.3 is 9.30 Å². The number of aromatic nitrogens is 2. The molecule has 3 nitrogen and oxygen atoms in total. The van der Waals surface area contributed by atoms with Crippen LogP contribution in [0.2, 0.25) is 0 Å². The van der Waals surface area contributed by atoms with Gasteiger partial charge in [0.2, 0.25) is 0 Å². The number of rotatable bonds is 6. The summed E-state index contributed by atoms with van der Waals surface area (Å²) in [4.78, 5) is 4.92. The van der Waals surface area contributed by atoms with E-state index in [1.165, 1.54) is 16.5 Å². The highest BCUT2D eigenvalue weighted by Gasteiger charge is 2.12. The van der Waals surface area contributed by atoms with Crippen molar-refractivity contribution in [3.63, 3.8) is 0 Å². The minimum Gasteiger partial charge on any atom is -0.493 e. The maximum absolute atomic E-state index is 6.16. The molecule has 0 unspecified atom stereocenters. The van der Waals surface area contributed by atoms with E-state index < -0.39 is 0 Å². The Bertz CT molecular complexity index is 1310. The zero-order valence-electron chi connectivity index (χ0n) is 17.1. The average Bonchev–Trinajstić information content (AvgIpc) is 3.15. The topological polar surface area (TPSA) is 27.1 Å². The average molecular weight is 393 g/mol. The highest BCUT2D eigenvalue weighted by atomic mass is 16.5. The first kappa shape index (κ1) is 18.4. The molecule has 0 aliphatic carbocycles. The summed E-state index contributed by atoms with van der Waals surface area (Å²) in [7, 11) is 0. The third kappa shape index (κ3) is 3.55. The van der Waals surface area contributed by atoms with E-state index in [-0.39, 0.29) is 0 Å². The molecule has 0 atom stereocenters. The van der Waals surface area contributed by atoms with Gasteiger partial charge in [0.15, 0.2) is 0 Å². The van der Waals surface area contributed by atoms with Gasteiger partial charge in [-0.05, 0) is 43.0 Å². The molecule has 5 rings (SSSR count). The Balaban J connectivity index is 1.38. The zero-order chi connectivity index (χ0) is 20.3. The molecule has 148 valence electrons. The predicted molar refractivity (Wildman–Crippen MR) is 124 cm³/mol. The van der Waals surface area contributed by atoms with Crippen LogP contribution in [0.15, 0.2) is 91.0 Å². The van der Waals surface area contributed by atoms with Crippen LogP contribution in [0.25, 0.3) is 33.2 Å². The lowest BCUT2D eigenvalue weighted by molar-refractivity contribution is 0.306. The second-order valence-corrected chi connectivity index (χ2v) is 7.62. The van der Waals surface area contributed by atoms with Gasteiger partial charge in [-0.2, -0.15) is 0 Å². The molecule has 0 radical (unpaired) electrons. The van der Waals surface area contributed by atoms with Crippen LogP contribution in [0.4, 0.5) is 0 Å². The fourth-order valence-corrected chi connectivity index (χ4v) is 4.03. The molecule has 0 amide bonds. The van der Waals surface area contributed by atoms with Gasteiger partial charge in [-0.1, -0.05) is 72.3 Å². The summed E-state index contributed by atoms with van der Waals surface area (Å²) in [6.07, 6.45) is 0.905. The summed E-state index contributed by atoms with van der Waals surface area (Å²) in [5.74, 6) is 1.97. The number of benzene rings is 4. The summed E-state index contributed by atoms with van der Waals surface area (Å²) in [6.45, 7) is 3.64. The largest absolute Gasteiger partial charge is 0.493 e. The van der Waals surface area contributed by atoms with E-state index >= 15 is 0 Å². The smallest absolute Gasteiger partial charge is 0.141 e. The number of ether oxygens (including phenoxy) is 1. The quantitative estimate of drug-likeness (QED) is 0.303. The number of nitrogens with zero attached hydrogens (tertiary/aromatic N) is 2. The monoisotopic (exact) mass is 392 g/mol. The van der Waals surface area contributed by atoms with E-state index in [9.17, 15) is 0 Å². The minimum atomic E-state index is 0.660. The summed E-state index contributed by atoms with van der Waals surface area (Å²) < 4.78 is 8.48. The maximum Gasteiger partial charge on any atom is 0.141 e. The minimum absolute atomic E-state index is 0.660. The van der Waals surface area contributed by atoms with Crippen LogP contribution >= 0.6 is 0 Å². The molecule has 0 bridgehead atoms. The van der Waals surface area contributed by atoms with E-state index in [2.05, 4.69) is 90.4 Å². The van der Waals surface area contributed by atoms with E-state index in [4.69, 9.17) is 9.72 Å². The molecule has 3 heteroatoms. The van der Waals surface area contributed by atoms with Gasteiger partial charge in [0.1, 0.15) is 11.6 Å². The number of fused-ring (bicyclic) bond motifs is 2. The zero-order valence-corrected chi connectivity index (χ0v) is 17.1. The van der Waals surface area contributed by atoms with Gasteiger partial charge in [-0.3, -0.25) is 0 Å². The van der Waals surface area contributed by atoms with E-state index in [1.807, 2.05) is 12.1 Å². The fourth-order valence-electron chi connectivity index (χ4n) is 4.03. The van der Waals surface area contributed by atoms with Crippen LogP contribution in [0, 0.1) is 6.92 Å². The lowest BCUT2D eigenvalue weighted by atomic mass is 10.1. The Kier molecular flexibility index (Phi) is 4.94. The maximum atomic E-state index is 6.16. The summed E-state index contributed by atoms with van der Waals surface area (Å²) in [5, 5.41) is 2.37. The van der Waals surface area contributed by atoms with Crippen molar-refractivity contribution in [1.29, 1.82) is 0 Å². The number of hydrogen-bond donors (Lipinski definition) is 0. The highest BCUT2D eigenvalue weighted by molar-refractivity contribution is 5.88. The van der Waals surface area contributed by atoms with E-state index in [1.54, 1.807) is 0 Å². The number of imidazole rings is 1. The molecular weight excluding hydrogens is 368 g/mol. The first-order valence-electron chi connectivity index (χ1n) is 10.4. The second-order valence-electron chi connectivity index (χ2n) is 7.62. The molecule has 0 saturated carbocycles. The first-order chi connectivity index (χ1) is 14.8. The highest BCUT2D eigenvalue weighted by Crippen LogP contribution is 2.27. The van der Waals surface area contributed by atoms with Crippen molar-refractivity contribution in [3.05, 3.63) is 96.6 Å². The number of aryl methyl sites for hydroxylation is 2. The molecule has 0 aliphatic rings. The molecule has 1 heterocycles. The van der Waals surface area contributed by atoms with Crippen molar-refractivity contribution in [2.24, 2.45) is 0 Å². The Morgan fingerprint density at radius 2 is 1.63 bits per heavy atom. The summed E-state index contributed by atoms with van der Waals surface area (Å²) in [6, 6.07) is 31.5. The lowest BCUT2D eigenvalue weighted by Gasteiger charge is -2.12. The molecular formula is C27H24N2O. The van der Waals surface area contributed by atoms with E-state index in [0.29, 0.717) is 6.61 Å². The molecule has 0 aliphatic heterocycles. The Labute approximate surface area is 176 Å². The van der Waals surface area contributed by atoms with Crippen molar-refractivity contribution in [3.8, 4) is 17.1 Å². The van der Waals surface area contributed by atoms with Crippen LogP contribution in [-0.4, -0.2) is 16.2 Å². The van der Waals surface area contributed by atoms with Crippen molar-refractivity contribution in [2.45, 2.75) is 19.9 Å². The van der Waals surface area contributed by atoms with Gasteiger partial charge in [-0.25, -0.2) is 4.98 Å². The van der Waals surface area contributed by atoms with Crippen LogP contribution < -0.4 is 4.74 Å². The lowest BCUT2D eigenvalue weighted by Crippen LogP contribution is -2.06. The summed E-state index contributed by atoms with van der Waals surface area (Å²) in [5.41, 5.74) is 4.59. The van der Waals surface area contributed by atoms with Crippen LogP contribution in [0.5, 0.6) is 5.75 Å².